The van der Waals surface area contributed by atoms with Crippen LogP contribution >= 0.6 is 0 Å². The van der Waals surface area contributed by atoms with Gasteiger partial charge in [0.2, 0.25) is 5.91 Å². The number of aryl methyl sites for hydroxylation is 1. The largest absolute Gasteiger partial charge is 0.485 e. The molecule has 3 rings (SSSR count). The van der Waals surface area contributed by atoms with Crippen LogP contribution in [0.5, 0.6) is 11.5 Å². The van der Waals surface area contributed by atoms with E-state index in [4.69, 9.17) is 14.2 Å². The Bertz CT molecular complexity index is 1030. The fourth-order valence-electron chi connectivity index (χ4n) is 3.31. The van der Waals surface area contributed by atoms with Crippen molar-refractivity contribution in [1.82, 2.24) is 5.32 Å². The average molecular weight is 444 g/mol. The molecule has 1 unspecified atom stereocenters. The van der Waals surface area contributed by atoms with Crippen molar-refractivity contribution < 1.29 is 33.0 Å². The van der Waals surface area contributed by atoms with E-state index in [0.29, 0.717) is 41.5 Å². The molecule has 0 radical (unpaired) electrons. The molecule has 0 saturated heterocycles. The predicted octanol–water partition coefficient (Wildman–Crippen LogP) is 2.27. The van der Waals surface area contributed by atoms with Gasteiger partial charge in [0.15, 0.2) is 19.0 Å². The molecule has 9 heteroatoms. The van der Waals surface area contributed by atoms with Crippen LogP contribution in [0.3, 0.4) is 0 Å². The van der Waals surface area contributed by atoms with E-state index in [1.54, 1.807) is 26.0 Å². The number of halogens is 1. The average Bonchev–Trinajstić information content (AvgIpc) is 2.77. The number of carbonyl (C=O) groups is 3. The first-order valence-electron chi connectivity index (χ1n) is 10.1. The summed E-state index contributed by atoms with van der Waals surface area (Å²) in [5, 5.41) is 2.70. The van der Waals surface area contributed by atoms with Crippen molar-refractivity contribution in [2.45, 2.75) is 19.9 Å². The van der Waals surface area contributed by atoms with E-state index in [0.717, 1.165) is 0 Å². The lowest BCUT2D eigenvalue weighted by molar-refractivity contribution is -0.127. The zero-order valence-corrected chi connectivity index (χ0v) is 18.1. The summed E-state index contributed by atoms with van der Waals surface area (Å²) in [6.45, 7) is 3.46. The summed E-state index contributed by atoms with van der Waals surface area (Å²) in [7, 11) is 1.52. The molecule has 0 fully saturated rings. The van der Waals surface area contributed by atoms with Crippen LogP contribution in [0.2, 0.25) is 0 Å². The van der Waals surface area contributed by atoms with Crippen molar-refractivity contribution in [3.8, 4) is 11.5 Å². The monoisotopic (exact) mass is 444 g/mol. The Labute approximate surface area is 185 Å². The van der Waals surface area contributed by atoms with E-state index >= 15 is 0 Å². The number of ether oxygens (including phenoxy) is 3. The van der Waals surface area contributed by atoms with Gasteiger partial charge in [-0.1, -0.05) is 0 Å². The fraction of sp³-hybridized carbons (Fsp3) is 0.348. The lowest BCUT2D eigenvalue weighted by atomic mass is 10.1. The quantitative estimate of drug-likeness (QED) is 0.471. The minimum absolute atomic E-state index is 0.205. The molecule has 32 heavy (non-hydrogen) atoms. The first-order chi connectivity index (χ1) is 15.3. The second-order valence-corrected chi connectivity index (χ2v) is 7.32. The fourth-order valence-corrected chi connectivity index (χ4v) is 3.31. The number of fused-ring (bicyclic) bond motifs is 1. The molecule has 170 valence electrons. The van der Waals surface area contributed by atoms with Crippen molar-refractivity contribution in [3.05, 3.63) is 53.3 Å². The smallest absolute Gasteiger partial charge is 0.265 e. The van der Waals surface area contributed by atoms with Gasteiger partial charge in [0.25, 0.3) is 5.91 Å². The van der Waals surface area contributed by atoms with Crippen LogP contribution in [-0.2, 0) is 14.3 Å². The third-order valence-electron chi connectivity index (χ3n) is 5.03. The molecule has 1 heterocycles. The van der Waals surface area contributed by atoms with E-state index in [9.17, 15) is 18.8 Å². The van der Waals surface area contributed by atoms with E-state index in [1.165, 1.54) is 36.3 Å². The molecule has 0 spiro atoms. The Morgan fingerprint density at radius 2 is 2.03 bits per heavy atom. The van der Waals surface area contributed by atoms with Gasteiger partial charge in [0, 0.05) is 19.2 Å². The SMILES string of the molecule is COCCNC(=O)C(C)N1C(=O)COc2ccc(C(=O)COc3ccc(F)cc3C)cc21. The van der Waals surface area contributed by atoms with E-state index in [1.807, 2.05) is 0 Å². The second kappa shape index (κ2) is 10.2. The topological polar surface area (TPSA) is 94.2 Å². The molecule has 0 aromatic heterocycles. The van der Waals surface area contributed by atoms with Gasteiger partial charge in [0.05, 0.1) is 12.3 Å². The van der Waals surface area contributed by atoms with Gasteiger partial charge >= 0.3 is 0 Å². The number of nitrogens with one attached hydrogen (secondary N) is 1. The van der Waals surface area contributed by atoms with Crippen LogP contribution in [0.4, 0.5) is 10.1 Å². The summed E-state index contributed by atoms with van der Waals surface area (Å²) in [5.74, 6) is -0.676. The lowest BCUT2D eigenvalue weighted by Gasteiger charge is -2.33. The standard InChI is InChI=1S/C23H25FN2O6/c1-14-10-17(24)5-7-20(14)31-12-19(27)16-4-6-21-18(11-16)26(22(28)13-32-21)15(2)23(29)25-8-9-30-3/h4-7,10-11,15H,8-9,12-13H2,1-3H3,(H,25,29). The van der Waals surface area contributed by atoms with Crippen molar-refractivity contribution in [3.63, 3.8) is 0 Å². The first-order valence-corrected chi connectivity index (χ1v) is 10.1. The molecule has 0 saturated carbocycles. The van der Waals surface area contributed by atoms with E-state index < -0.39 is 11.9 Å². The molecule has 2 aromatic rings. The Balaban J connectivity index is 1.77. The van der Waals surface area contributed by atoms with Crippen LogP contribution in [-0.4, -0.2) is 57.1 Å². The minimum Gasteiger partial charge on any atom is -0.485 e. The Morgan fingerprint density at radius 3 is 2.75 bits per heavy atom. The molecule has 8 nitrogen and oxygen atoms in total. The van der Waals surface area contributed by atoms with Crippen LogP contribution in [0.1, 0.15) is 22.8 Å². The van der Waals surface area contributed by atoms with Gasteiger partial charge in [-0.15, -0.1) is 0 Å². The number of benzene rings is 2. The van der Waals surface area contributed by atoms with Crippen LogP contribution in [0, 0.1) is 12.7 Å². The molecular weight excluding hydrogens is 419 g/mol. The zero-order valence-electron chi connectivity index (χ0n) is 18.1. The number of rotatable bonds is 9. The van der Waals surface area contributed by atoms with Crippen LogP contribution in [0.25, 0.3) is 0 Å². The highest BCUT2D eigenvalue weighted by Gasteiger charge is 2.33. The molecule has 1 aliphatic rings. The van der Waals surface area contributed by atoms with Gasteiger partial charge in [-0.2, -0.15) is 0 Å². The Morgan fingerprint density at radius 1 is 1.25 bits per heavy atom. The lowest BCUT2D eigenvalue weighted by Crippen LogP contribution is -2.51. The highest BCUT2D eigenvalue weighted by atomic mass is 19.1. The molecule has 1 N–H and O–H groups in total. The summed E-state index contributed by atoms with van der Waals surface area (Å²) >= 11 is 0. The van der Waals surface area contributed by atoms with Crippen molar-refractivity contribution in [2.24, 2.45) is 0 Å². The maximum atomic E-state index is 13.2. The third kappa shape index (κ3) is 5.23. The normalized spacial score (nSPS) is 13.8. The Hall–Kier alpha value is -3.46. The zero-order chi connectivity index (χ0) is 23.3. The van der Waals surface area contributed by atoms with Gasteiger partial charge in [-0.3, -0.25) is 19.3 Å². The van der Waals surface area contributed by atoms with Gasteiger partial charge in [-0.05, 0) is 55.8 Å². The highest BCUT2D eigenvalue weighted by Crippen LogP contribution is 2.34. The van der Waals surface area contributed by atoms with Gasteiger partial charge in [-0.25, -0.2) is 4.39 Å². The minimum atomic E-state index is -0.814. The van der Waals surface area contributed by atoms with Crippen LogP contribution in [0.15, 0.2) is 36.4 Å². The molecule has 2 aromatic carbocycles. The molecule has 1 aliphatic heterocycles. The predicted molar refractivity (Wildman–Crippen MR) is 115 cm³/mol. The van der Waals surface area contributed by atoms with E-state index in [2.05, 4.69) is 5.32 Å². The molecule has 0 bridgehead atoms. The number of amides is 2. The number of ketones is 1. The van der Waals surface area contributed by atoms with Crippen molar-refractivity contribution in [2.75, 3.05) is 38.4 Å². The number of hydrogen-bond acceptors (Lipinski definition) is 6. The number of Topliss-reactive ketones (excluding diaryl/α,β-unsaturated/α-hetero) is 1. The molecule has 2 amide bonds. The number of anilines is 1. The molecular formula is C23H25FN2O6. The molecule has 0 aliphatic carbocycles. The maximum absolute atomic E-state index is 13.2. The second-order valence-electron chi connectivity index (χ2n) is 7.32. The maximum Gasteiger partial charge on any atom is 0.265 e. The first kappa shape index (κ1) is 23.2. The number of nitrogens with zero attached hydrogens (tertiary/aromatic N) is 1. The number of carbonyl (C=O) groups excluding carboxylic acids is 3. The summed E-state index contributed by atoms with van der Waals surface area (Å²) in [5.41, 5.74) is 1.19. The summed E-state index contributed by atoms with van der Waals surface area (Å²) in [6, 6.07) is 7.88. The van der Waals surface area contributed by atoms with Crippen molar-refractivity contribution in [1.29, 1.82) is 0 Å². The van der Waals surface area contributed by atoms with Gasteiger partial charge in [0.1, 0.15) is 23.4 Å². The van der Waals surface area contributed by atoms with Gasteiger partial charge < -0.3 is 19.5 Å². The third-order valence-corrected chi connectivity index (χ3v) is 5.03. The molecule has 1 atom stereocenters. The summed E-state index contributed by atoms with van der Waals surface area (Å²) in [6.07, 6.45) is 0. The van der Waals surface area contributed by atoms with Crippen molar-refractivity contribution >= 4 is 23.3 Å². The summed E-state index contributed by atoms with van der Waals surface area (Å²) < 4.78 is 29.2. The number of hydrogen-bond donors (Lipinski definition) is 1. The highest BCUT2D eigenvalue weighted by molar-refractivity contribution is 6.05. The number of methoxy groups -OCH3 is 1. The van der Waals surface area contributed by atoms with Crippen LogP contribution < -0.4 is 19.7 Å². The Kier molecular flexibility index (Phi) is 7.42. The summed E-state index contributed by atoms with van der Waals surface area (Å²) in [4.78, 5) is 39.1. The van der Waals surface area contributed by atoms with E-state index in [-0.39, 0.29) is 30.7 Å².